The van der Waals surface area contributed by atoms with Crippen molar-refractivity contribution in [2.45, 2.75) is 12.8 Å². The largest absolute Gasteiger partial charge is 0.409 e. The molecule has 0 atom stereocenters. The smallest absolute Gasteiger partial charge is 0.321 e. The maximum absolute atomic E-state index is 12.0. The van der Waals surface area contributed by atoms with E-state index in [0.29, 0.717) is 16.3 Å². The second-order valence-electron chi connectivity index (χ2n) is 4.30. The molecule has 2 amide bonds. The van der Waals surface area contributed by atoms with Crippen molar-refractivity contribution in [1.29, 1.82) is 0 Å². The highest BCUT2D eigenvalue weighted by molar-refractivity contribution is 6.33. The predicted octanol–water partition coefficient (Wildman–Crippen LogP) is 2.06. The lowest BCUT2D eigenvalue weighted by Gasteiger charge is -2.17. The van der Waals surface area contributed by atoms with Crippen LogP contribution >= 0.6 is 11.6 Å². The standard InChI is InChI=1S/C12H15ClN4O2/c13-9-4-3-8(11(14)16-19)7-10(9)15-12(18)17-5-1-2-6-17/h3-4,7,19H,1-2,5-6H2,(H2,14,16)(H,15,18). The van der Waals surface area contributed by atoms with Crippen LogP contribution in [-0.4, -0.2) is 35.1 Å². The van der Waals surface area contributed by atoms with Gasteiger partial charge in [-0.25, -0.2) is 4.79 Å². The van der Waals surface area contributed by atoms with Crippen LogP contribution in [0.1, 0.15) is 18.4 Å². The van der Waals surface area contributed by atoms with Gasteiger partial charge in [-0.2, -0.15) is 0 Å². The Labute approximate surface area is 115 Å². The van der Waals surface area contributed by atoms with Gasteiger partial charge >= 0.3 is 6.03 Å². The summed E-state index contributed by atoms with van der Waals surface area (Å²) in [4.78, 5) is 13.7. The molecule has 4 N–H and O–H groups in total. The molecule has 0 aliphatic carbocycles. The number of urea groups is 1. The average Bonchev–Trinajstić information content (AvgIpc) is 2.94. The maximum atomic E-state index is 12.0. The minimum absolute atomic E-state index is 0.0339. The van der Waals surface area contributed by atoms with E-state index < -0.39 is 0 Å². The third-order valence-electron chi connectivity index (χ3n) is 3.00. The minimum Gasteiger partial charge on any atom is -0.409 e. The van der Waals surface area contributed by atoms with Crippen molar-refractivity contribution < 1.29 is 10.0 Å². The van der Waals surface area contributed by atoms with Crippen LogP contribution < -0.4 is 11.1 Å². The first kappa shape index (κ1) is 13.5. The molecular formula is C12H15ClN4O2. The molecule has 102 valence electrons. The maximum Gasteiger partial charge on any atom is 0.321 e. The van der Waals surface area contributed by atoms with Gasteiger partial charge in [0.2, 0.25) is 0 Å². The Hall–Kier alpha value is -1.95. The molecule has 7 heteroatoms. The Morgan fingerprint density at radius 1 is 1.42 bits per heavy atom. The lowest BCUT2D eigenvalue weighted by atomic mass is 10.2. The summed E-state index contributed by atoms with van der Waals surface area (Å²) >= 11 is 6.02. The molecule has 1 heterocycles. The molecule has 1 aliphatic heterocycles. The molecular weight excluding hydrogens is 268 g/mol. The number of nitrogens with zero attached hydrogens (tertiary/aromatic N) is 2. The van der Waals surface area contributed by atoms with Gasteiger partial charge < -0.3 is 21.2 Å². The lowest BCUT2D eigenvalue weighted by Crippen LogP contribution is -2.32. The number of halogens is 1. The fourth-order valence-corrected chi connectivity index (χ4v) is 2.12. The van der Waals surface area contributed by atoms with Crippen molar-refractivity contribution in [3.63, 3.8) is 0 Å². The van der Waals surface area contributed by atoms with Crippen LogP contribution in [0.25, 0.3) is 0 Å². The van der Waals surface area contributed by atoms with Gasteiger partial charge in [0, 0.05) is 18.7 Å². The summed E-state index contributed by atoms with van der Waals surface area (Å²) in [5.41, 5.74) is 6.44. The van der Waals surface area contributed by atoms with E-state index >= 15 is 0 Å². The zero-order chi connectivity index (χ0) is 13.8. The number of hydrogen-bond acceptors (Lipinski definition) is 3. The van der Waals surface area contributed by atoms with Gasteiger partial charge in [-0.05, 0) is 31.0 Å². The molecule has 0 unspecified atom stereocenters. The number of hydrogen-bond donors (Lipinski definition) is 3. The summed E-state index contributed by atoms with van der Waals surface area (Å²) in [7, 11) is 0. The predicted molar refractivity (Wildman–Crippen MR) is 73.8 cm³/mol. The third-order valence-corrected chi connectivity index (χ3v) is 3.33. The topological polar surface area (TPSA) is 91.0 Å². The van der Waals surface area contributed by atoms with E-state index in [1.54, 1.807) is 23.1 Å². The Balaban J connectivity index is 2.16. The van der Waals surface area contributed by atoms with Crippen molar-refractivity contribution in [2.24, 2.45) is 10.9 Å². The highest BCUT2D eigenvalue weighted by atomic mass is 35.5. The molecule has 6 nitrogen and oxygen atoms in total. The number of carbonyl (C=O) groups excluding carboxylic acids is 1. The van der Waals surface area contributed by atoms with Crippen LogP contribution in [0.3, 0.4) is 0 Å². The molecule has 0 aromatic heterocycles. The van der Waals surface area contributed by atoms with E-state index in [4.69, 9.17) is 22.5 Å². The number of nitrogens with two attached hydrogens (primary N) is 1. The van der Waals surface area contributed by atoms with Crippen LogP contribution in [0.5, 0.6) is 0 Å². The van der Waals surface area contributed by atoms with E-state index in [0.717, 1.165) is 25.9 Å². The van der Waals surface area contributed by atoms with Gasteiger partial charge in [0.05, 0.1) is 10.7 Å². The van der Waals surface area contributed by atoms with Gasteiger partial charge in [-0.15, -0.1) is 0 Å². The number of nitrogens with one attached hydrogen (secondary N) is 1. The molecule has 0 saturated carbocycles. The lowest BCUT2D eigenvalue weighted by molar-refractivity contribution is 0.222. The Morgan fingerprint density at radius 2 is 2.11 bits per heavy atom. The second-order valence-corrected chi connectivity index (χ2v) is 4.71. The third kappa shape index (κ3) is 3.08. The summed E-state index contributed by atoms with van der Waals surface area (Å²) in [5, 5.41) is 14.7. The van der Waals surface area contributed by atoms with Crippen LogP contribution in [0.15, 0.2) is 23.4 Å². The van der Waals surface area contributed by atoms with Crippen LogP contribution in [0.4, 0.5) is 10.5 Å². The van der Waals surface area contributed by atoms with Crippen molar-refractivity contribution >= 4 is 29.2 Å². The first-order chi connectivity index (χ1) is 9.11. The molecule has 2 rings (SSSR count). The van der Waals surface area contributed by atoms with Crippen molar-refractivity contribution in [2.75, 3.05) is 18.4 Å². The number of anilines is 1. The monoisotopic (exact) mass is 282 g/mol. The molecule has 19 heavy (non-hydrogen) atoms. The number of benzene rings is 1. The van der Waals surface area contributed by atoms with Crippen LogP contribution in [0, 0.1) is 0 Å². The van der Waals surface area contributed by atoms with Crippen molar-refractivity contribution in [3.05, 3.63) is 28.8 Å². The molecule has 1 aliphatic rings. The zero-order valence-electron chi connectivity index (χ0n) is 10.3. The summed E-state index contributed by atoms with van der Waals surface area (Å²) in [6, 6.07) is 4.60. The van der Waals surface area contributed by atoms with E-state index in [1.807, 2.05) is 0 Å². The number of rotatable bonds is 2. The van der Waals surface area contributed by atoms with Crippen molar-refractivity contribution in [1.82, 2.24) is 4.90 Å². The zero-order valence-corrected chi connectivity index (χ0v) is 11.0. The summed E-state index contributed by atoms with van der Waals surface area (Å²) in [6.45, 7) is 1.51. The Morgan fingerprint density at radius 3 is 2.74 bits per heavy atom. The summed E-state index contributed by atoms with van der Waals surface area (Å²) in [5.74, 6) is -0.0339. The second kappa shape index (κ2) is 5.79. The van der Waals surface area contributed by atoms with E-state index in [1.165, 1.54) is 0 Å². The van der Waals surface area contributed by atoms with Gasteiger partial charge in [0.1, 0.15) is 0 Å². The first-order valence-electron chi connectivity index (χ1n) is 5.95. The summed E-state index contributed by atoms with van der Waals surface area (Å²) in [6.07, 6.45) is 2.04. The molecule has 1 aromatic carbocycles. The number of amidine groups is 1. The quantitative estimate of drug-likeness (QED) is 0.336. The minimum atomic E-state index is -0.184. The van der Waals surface area contributed by atoms with Gasteiger partial charge in [0.25, 0.3) is 0 Å². The normalized spacial score (nSPS) is 15.6. The molecule has 0 radical (unpaired) electrons. The summed E-state index contributed by atoms with van der Waals surface area (Å²) < 4.78 is 0. The van der Waals surface area contributed by atoms with Crippen molar-refractivity contribution in [3.8, 4) is 0 Å². The van der Waals surface area contributed by atoms with Gasteiger partial charge in [-0.1, -0.05) is 16.8 Å². The molecule has 1 fully saturated rings. The molecule has 1 saturated heterocycles. The van der Waals surface area contributed by atoms with Gasteiger partial charge in [-0.3, -0.25) is 0 Å². The van der Waals surface area contributed by atoms with Crippen LogP contribution in [-0.2, 0) is 0 Å². The van der Waals surface area contributed by atoms with Gasteiger partial charge in [0.15, 0.2) is 5.84 Å². The number of carbonyl (C=O) groups is 1. The fraction of sp³-hybridized carbons (Fsp3) is 0.333. The molecule has 1 aromatic rings. The Kier molecular flexibility index (Phi) is 4.11. The Bertz CT molecular complexity index is 512. The fourth-order valence-electron chi connectivity index (χ4n) is 1.95. The first-order valence-corrected chi connectivity index (χ1v) is 6.33. The SMILES string of the molecule is NC(=NO)c1ccc(Cl)c(NC(=O)N2CCCC2)c1. The average molecular weight is 283 g/mol. The molecule has 0 bridgehead atoms. The van der Waals surface area contributed by atoms with E-state index in [-0.39, 0.29) is 11.9 Å². The number of amides is 2. The number of oxime groups is 1. The highest BCUT2D eigenvalue weighted by Gasteiger charge is 2.18. The molecule has 0 spiro atoms. The highest BCUT2D eigenvalue weighted by Crippen LogP contribution is 2.24. The number of likely N-dealkylation sites (tertiary alicyclic amines) is 1. The van der Waals surface area contributed by atoms with E-state index in [2.05, 4.69) is 10.5 Å². The van der Waals surface area contributed by atoms with E-state index in [9.17, 15) is 4.79 Å². The van der Waals surface area contributed by atoms with Crippen LogP contribution in [0.2, 0.25) is 5.02 Å².